The van der Waals surface area contributed by atoms with E-state index in [1.54, 1.807) is 42.6 Å². The first kappa shape index (κ1) is 37.8. The fraction of sp³-hybridized carbons (Fsp3) is 0.243. The van der Waals surface area contributed by atoms with Gasteiger partial charge in [-0.2, -0.15) is 4.89 Å². The summed E-state index contributed by atoms with van der Waals surface area (Å²) in [5.74, 6) is 1.77. The zero-order chi connectivity index (χ0) is 37.8. The molecule has 15 heteroatoms. The number of rotatable bonds is 12. The summed E-state index contributed by atoms with van der Waals surface area (Å²) in [6, 6.07) is 22.9. The minimum absolute atomic E-state index is 0.0591. The minimum Gasteiger partial charge on any atom is -0.492 e. The lowest BCUT2D eigenvalue weighted by Crippen LogP contribution is -2.22. The maximum absolute atomic E-state index is 13.5. The standard InChI is InChI=1S/C37H41N6O7PS/c1-37(2,3)24-18-30(35(49-6)31(19-24)42-52(7,47)48)41-36(44)40-29-14-15-33(28-11-9-8-10-27(28)29)50-26-16-17-38-34(21-26)39-25-13-12-23(22-51(45)46)32(20-25)43(4)5/h8-21,42H,22H2,1-7H3,(H3-,38,39,40,41,44,45,46)/p+1. The summed E-state index contributed by atoms with van der Waals surface area (Å²) in [7, 11) is -0.810. The Morgan fingerprint density at radius 3 is 2.27 bits per heavy atom. The van der Waals surface area contributed by atoms with E-state index in [0.29, 0.717) is 28.7 Å². The average molecular weight is 746 g/mol. The Morgan fingerprint density at radius 2 is 1.62 bits per heavy atom. The third-order valence-corrected chi connectivity index (χ3v) is 9.14. The van der Waals surface area contributed by atoms with E-state index in [-0.39, 0.29) is 23.0 Å². The quantitative estimate of drug-likeness (QED) is 0.0782. The van der Waals surface area contributed by atoms with E-state index in [2.05, 4.69) is 25.7 Å². The Morgan fingerprint density at radius 1 is 0.923 bits per heavy atom. The van der Waals surface area contributed by atoms with Gasteiger partial charge in [0.2, 0.25) is 16.2 Å². The zero-order valence-corrected chi connectivity index (χ0v) is 31.6. The molecule has 0 saturated heterocycles. The number of ether oxygens (including phenoxy) is 2. The minimum atomic E-state index is -3.64. The summed E-state index contributed by atoms with van der Waals surface area (Å²) in [5, 5.41) is 10.5. The Labute approximate surface area is 304 Å². The zero-order valence-electron chi connectivity index (χ0n) is 29.9. The number of sulfonamides is 1. The van der Waals surface area contributed by atoms with Gasteiger partial charge in [-0.3, -0.25) is 4.72 Å². The SMILES string of the molecule is COc1c(NC(=O)Nc2ccc(Oc3ccnc(Nc4ccc(C[P+](=O)O)c(N(C)C)c4)c3)c3ccccc23)cc(C(C)(C)C)cc1NS(C)(=O)=O. The maximum Gasteiger partial charge on any atom is 0.510 e. The molecular formula is C37H42N6O7PS+. The van der Waals surface area contributed by atoms with E-state index >= 15 is 0 Å². The number of methoxy groups -OCH3 is 1. The number of nitrogens with zero attached hydrogens (tertiary/aromatic N) is 2. The number of amides is 2. The van der Waals surface area contributed by atoms with Crippen molar-refractivity contribution in [2.24, 2.45) is 0 Å². The Balaban J connectivity index is 1.38. The number of carbonyl (C=O) groups excluding carboxylic acids is 1. The van der Waals surface area contributed by atoms with Gasteiger partial charge < -0.3 is 30.3 Å². The molecule has 1 aromatic heterocycles. The fourth-order valence-electron chi connectivity index (χ4n) is 5.55. The van der Waals surface area contributed by atoms with Crippen molar-refractivity contribution in [3.05, 3.63) is 96.2 Å². The van der Waals surface area contributed by atoms with Crippen LogP contribution in [0.3, 0.4) is 0 Å². The lowest BCUT2D eigenvalue weighted by molar-refractivity contribution is 0.262. The van der Waals surface area contributed by atoms with Crippen LogP contribution >= 0.6 is 8.03 Å². The molecule has 0 aliphatic carbocycles. The predicted octanol–water partition coefficient (Wildman–Crippen LogP) is 8.39. The van der Waals surface area contributed by atoms with Gasteiger partial charge in [-0.1, -0.05) is 51.1 Å². The topological polar surface area (TPSA) is 171 Å². The molecule has 272 valence electrons. The Hall–Kier alpha value is -5.43. The lowest BCUT2D eigenvalue weighted by Gasteiger charge is -2.24. The number of pyridine rings is 1. The molecule has 0 bridgehead atoms. The number of aromatic nitrogens is 1. The molecule has 0 aliphatic heterocycles. The Kier molecular flexibility index (Phi) is 11.2. The number of hydrogen-bond donors (Lipinski definition) is 5. The third kappa shape index (κ3) is 9.46. The van der Waals surface area contributed by atoms with Crippen LogP contribution in [0.25, 0.3) is 10.8 Å². The van der Waals surface area contributed by atoms with Crippen LogP contribution in [0.5, 0.6) is 17.2 Å². The summed E-state index contributed by atoms with van der Waals surface area (Å²) in [5.41, 5.74) is 3.76. The normalized spacial score (nSPS) is 11.8. The van der Waals surface area contributed by atoms with E-state index in [0.717, 1.165) is 39.5 Å². The summed E-state index contributed by atoms with van der Waals surface area (Å²) in [6.07, 6.45) is 2.73. The van der Waals surface area contributed by atoms with Crippen LogP contribution in [0.4, 0.5) is 39.0 Å². The van der Waals surface area contributed by atoms with Gasteiger partial charge in [0.1, 0.15) is 17.3 Å². The first-order valence-corrected chi connectivity index (χ1v) is 19.4. The Bertz CT molecular complexity index is 2260. The van der Waals surface area contributed by atoms with Crippen LogP contribution in [-0.4, -0.2) is 51.8 Å². The molecule has 0 radical (unpaired) electrons. The van der Waals surface area contributed by atoms with Crippen LogP contribution in [0, 0.1) is 0 Å². The van der Waals surface area contributed by atoms with Crippen molar-refractivity contribution in [1.82, 2.24) is 4.98 Å². The molecule has 5 rings (SSSR count). The highest BCUT2D eigenvalue weighted by Gasteiger charge is 2.23. The second-order valence-electron chi connectivity index (χ2n) is 13.3. The molecule has 1 unspecified atom stereocenters. The number of fused-ring (bicyclic) bond motifs is 1. The summed E-state index contributed by atoms with van der Waals surface area (Å²) >= 11 is 0. The van der Waals surface area contributed by atoms with Crippen LogP contribution in [-0.2, 0) is 26.2 Å². The highest BCUT2D eigenvalue weighted by Crippen LogP contribution is 2.40. The number of carbonyl (C=O) groups is 1. The molecule has 13 nitrogen and oxygen atoms in total. The monoisotopic (exact) mass is 745 g/mol. The van der Waals surface area contributed by atoms with Crippen molar-refractivity contribution in [2.75, 3.05) is 53.0 Å². The molecule has 4 aromatic carbocycles. The van der Waals surface area contributed by atoms with Gasteiger partial charge >= 0.3 is 14.1 Å². The molecule has 5 aromatic rings. The van der Waals surface area contributed by atoms with Crippen molar-refractivity contribution < 1.29 is 32.1 Å². The van der Waals surface area contributed by atoms with E-state index in [1.165, 1.54) is 7.11 Å². The molecule has 2 amide bonds. The largest absolute Gasteiger partial charge is 0.510 e. The van der Waals surface area contributed by atoms with E-state index in [1.807, 2.05) is 82.2 Å². The second kappa shape index (κ2) is 15.4. The van der Waals surface area contributed by atoms with Crippen molar-refractivity contribution >= 4 is 69.1 Å². The number of anilines is 6. The number of hydrogen-bond acceptors (Lipinski definition) is 9. The molecule has 1 heterocycles. The van der Waals surface area contributed by atoms with Crippen molar-refractivity contribution in [3.8, 4) is 17.2 Å². The van der Waals surface area contributed by atoms with Gasteiger partial charge in [0.15, 0.2) is 5.75 Å². The molecule has 0 aliphatic rings. The van der Waals surface area contributed by atoms with Gasteiger partial charge in [-0.25, -0.2) is 18.2 Å². The van der Waals surface area contributed by atoms with Crippen LogP contribution in [0.1, 0.15) is 31.9 Å². The second-order valence-corrected chi connectivity index (χ2v) is 16.1. The first-order chi connectivity index (χ1) is 24.5. The molecule has 0 spiro atoms. The third-order valence-electron chi connectivity index (χ3n) is 7.94. The summed E-state index contributed by atoms with van der Waals surface area (Å²) in [4.78, 5) is 29.2. The van der Waals surface area contributed by atoms with Crippen LogP contribution in [0.15, 0.2) is 85.1 Å². The van der Waals surface area contributed by atoms with Gasteiger partial charge in [0.25, 0.3) is 0 Å². The predicted molar refractivity (Wildman–Crippen MR) is 209 cm³/mol. The van der Waals surface area contributed by atoms with Gasteiger partial charge in [-0.05, 0) is 58.0 Å². The van der Waals surface area contributed by atoms with Crippen LogP contribution in [0.2, 0.25) is 0 Å². The van der Waals surface area contributed by atoms with Gasteiger partial charge in [-0.15, -0.1) is 0 Å². The maximum atomic E-state index is 13.5. The van der Waals surface area contributed by atoms with Gasteiger partial charge in [0.05, 0.1) is 30.4 Å². The number of benzene rings is 4. The van der Waals surface area contributed by atoms with Crippen molar-refractivity contribution in [2.45, 2.75) is 32.3 Å². The molecule has 0 saturated carbocycles. The van der Waals surface area contributed by atoms with E-state index in [9.17, 15) is 22.7 Å². The molecule has 52 heavy (non-hydrogen) atoms. The van der Waals surface area contributed by atoms with Crippen molar-refractivity contribution in [3.63, 3.8) is 0 Å². The van der Waals surface area contributed by atoms with Crippen molar-refractivity contribution in [1.29, 1.82) is 0 Å². The lowest BCUT2D eigenvalue weighted by atomic mass is 9.86. The average Bonchev–Trinajstić information content (AvgIpc) is 3.05. The summed E-state index contributed by atoms with van der Waals surface area (Å²) in [6.45, 7) is 5.94. The smallest absolute Gasteiger partial charge is 0.492 e. The highest BCUT2D eigenvalue weighted by atomic mass is 32.2. The summed E-state index contributed by atoms with van der Waals surface area (Å²) < 4.78 is 50.1. The molecular weight excluding hydrogens is 703 g/mol. The number of nitrogens with one attached hydrogen (secondary N) is 4. The molecule has 1 atom stereocenters. The number of urea groups is 1. The van der Waals surface area contributed by atoms with E-state index < -0.39 is 24.1 Å². The van der Waals surface area contributed by atoms with Gasteiger partial charge in [0, 0.05) is 54.1 Å². The highest BCUT2D eigenvalue weighted by molar-refractivity contribution is 7.92. The fourth-order valence-corrected chi connectivity index (χ4v) is 6.66. The molecule has 0 fully saturated rings. The van der Waals surface area contributed by atoms with E-state index in [4.69, 9.17) is 9.47 Å². The molecule has 5 N–H and O–H groups in total. The van der Waals surface area contributed by atoms with Crippen LogP contribution < -0.4 is 35.0 Å². The first-order valence-electron chi connectivity index (χ1n) is 16.2.